The van der Waals surface area contributed by atoms with Crippen LogP contribution in [0.5, 0.6) is 0 Å². The van der Waals surface area contributed by atoms with Crippen molar-refractivity contribution in [3.63, 3.8) is 0 Å². The summed E-state index contributed by atoms with van der Waals surface area (Å²) in [6.45, 7) is 0. The Bertz CT molecular complexity index is 2960. The molecule has 0 fully saturated rings. The highest BCUT2D eigenvalue weighted by Crippen LogP contribution is 2.52. The minimum absolute atomic E-state index is 0.729. The minimum atomic E-state index is 0.729. The molecule has 2 aromatic heterocycles. The normalized spacial score (nSPS) is 11.3. The van der Waals surface area contributed by atoms with Gasteiger partial charge in [0.2, 0.25) is 0 Å². The average molecular weight is 704 g/mol. The third-order valence-electron chi connectivity index (χ3n) is 10.4. The predicted octanol–water partition coefficient (Wildman–Crippen LogP) is 13.4. The molecule has 0 aliphatic heterocycles. The third kappa shape index (κ3) is 5.68. The van der Waals surface area contributed by atoms with Gasteiger partial charge in [-0.25, -0.2) is 0 Å². The van der Waals surface area contributed by atoms with E-state index in [4.69, 9.17) is 9.52 Å². The molecule has 2 heterocycles. The van der Waals surface area contributed by atoms with Crippen LogP contribution < -0.4 is 0 Å². The van der Waals surface area contributed by atoms with E-state index in [1.807, 2.05) is 18.2 Å². The Hall–Kier alpha value is -7.43. The lowest BCUT2D eigenvalue weighted by atomic mass is 9.79. The SMILES string of the molecule is c1ccc(-c2ccccc2-c2ccc3oc4ccccc4c3c2-c2ccc(-c3ccccc3)c(-c3ccccc3-c3ccccc3)c2-c2ccnnn2)cc1. The van der Waals surface area contributed by atoms with Gasteiger partial charge in [-0.15, -0.1) is 10.2 Å². The largest absolute Gasteiger partial charge is 0.456 e. The second-order valence-electron chi connectivity index (χ2n) is 13.6. The fourth-order valence-electron chi connectivity index (χ4n) is 8.07. The number of hydrogen-bond acceptors (Lipinski definition) is 4. The van der Waals surface area contributed by atoms with Crippen molar-refractivity contribution in [1.29, 1.82) is 0 Å². The Morgan fingerprint density at radius 3 is 1.51 bits per heavy atom. The molecule has 0 atom stereocenters. The van der Waals surface area contributed by atoms with Crippen LogP contribution in [0.1, 0.15) is 0 Å². The topological polar surface area (TPSA) is 51.8 Å². The van der Waals surface area contributed by atoms with E-state index in [0.29, 0.717) is 0 Å². The van der Waals surface area contributed by atoms with Crippen LogP contribution in [-0.4, -0.2) is 15.4 Å². The molecule has 258 valence electrons. The first-order valence-electron chi connectivity index (χ1n) is 18.4. The summed E-state index contributed by atoms with van der Waals surface area (Å²) in [6, 6.07) is 68.3. The van der Waals surface area contributed by atoms with Gasteiger partial charge in [0.1, 0.15) is 11.2 Å². The molecule has 8 aromatic carbocycles. The Kier molecular flexibility index (Phi) is 8.12. The lowest BCUT2D eigenvalue weighted by molar-refractivity contribution is 0.669. The monoisotopic (exact) mass is 703 g/mol. The van der Waals surface area contributed by atoms with Crippen molar-refractivity contribution >= 4 is 21.9 Å². The van der Waals surface area contributed by atoms with Gasteiger partial charge in [-0.1, -0.05) is 170 Å². The van der Waals surface area contributed by atoms with Crippen LogP contribution in [0.25, 0.3) is 100.0 Å². The van der Waals surface area contributed by atoms with Gasteiger partial charge >= 0.3 is 0 Å². The molecule has 55 heavy (non-hydrogen) atoms. The lowest BCUT2D eigenvalue weighted by Crippen LogP contribution is -2.00. The van der Waals surface area contributed by atoms with Gasteiger partial charge in [-0.3, -0.25) is 0 Å². The van der Waals surface area contributed by atoms with Crippen LogP contribution >= 0.6 is 0 Å². The lowest BCUT2D eigenvalue weighted by Gasteiger charge is -2.23. The molecule has 0 saturated heterocycles. The Labute approximate surface area is 319 Å². The standard InChI is InChI=1S/C51H33N3O/c1-4-16-34(17-5-1)37-22-10-12-24-40(37)42-30-31-47-51(43-26-14-15-27-46(43)55-47)49(42)44-29-28-39(36-20-8-3-9-21-36)48(50(44)45-32-33-52-54-53-45)41-25-13-11-23-38(41)35-18-6-2-7-19-35/h1-33H. The zero-order valence-electron chi connectivity index (χ0n) is 29.8. The van der Waals surface area contributed by atoms with Gasteiger partial charge < -0.3 is 4.42 Å². The molecule has 0 saturated carbocycles. The molecular formula is C51H33N3O. The second kappa shape index (κ2) is 13.8. The summed E-state index contributed by atoms with van der Waals surface area (Å²) in [6.07, 6.45) is 1.73. The van der Waals surface area contributed by atoms with E-state index in [1.54, 1.807) is 6.20 Å². The van der Waals surface area contributed by atoms with Crippen LogP contribution in [0.4, 0.5) is 0 Å². The number of benzene rings is 8. The molecular weight excluding hydrogens is 671 g/mol. The molecule has 0 aliphatic carbocycles. The highest BCUT2D eigenvalue weighted by molar-refractivity contribution is 6.19. The fraction of sp³-hybridized carbons (Fsp3) is 0. The van der Waals surface area contributed by atoms with Crippen LogP contribution in [-0.2, 0) is 0 Å². The summed E-state index contributed by atoms with van der Waals surface area (Å²) >= 11 is 0. The number of rotatable bonds is 7. The average Bonchev–Trinajstić information content (AvgIpc) is 3.66. The van der Waals surface area contributed by atoms with Crippen LogP contribution in [0.3, 0.4) is 0 Å². The zero-order valence-corrected chi connectivity index (χ0v) is 29.8. The maximum absolute atomic E-state index is 6.61. The smallest absolute Gasteiger partial charge is 0.136 e. The molecule has 0 bridgehead atoms. The van der Waals surface area contributed by atoms with E-state index >= 15 is 0 Å². The molecule has 0 spiro atoms. The fourth-order valence-corrected chi connectivity index (χ4v) is 8.07. The summed E-state index contributed by atoms with van der Waals surface area (Å²) in [7, 11) is 0. The van der Waals surface area contributed by atoms with Crippen molar-refractivity contribution in [1.82, 2.24) is 15.4 Å². The number of aromatic nitrogens is 3. The van der Waals surface area contributed by atoms with Crippen LogP contribution in [0, 0.1) is 0 Å². The summed E-state index contributed by atoms with van der Waals surface area (Å²) < 4.78 is 6.61. The van der Waals surface area contributed by atoms with Crippen molar-refractivity contribution in [2.45, 2.75) is 0 Å². The number of para-hydroxylation sites is 1. The molecule has 0 N–H and O–H groups in total. The highest BCUT2D eigenvalue weighted by atomic mass is 16.3. The van der Waals surface area contributed by atoms with E-state index < -0.39 is 0 Å². The van der Waals surface area contributed by atoms with E-state index in [1.165, 1.54) is 0 Å². The summed E-state index contributed by atoms with van der Waals surface area (Å²) in [4.78, 5) is 0. The zero-order chi connectivity index (χ0) is 36.6. The van der Waals surface area contributed by atoms with Crippen molar-refractivity contribution in [3.8, 4) is 78.0 Å². The van der Waals surface area contributed by atoms with Crippen molar-refractivity contribution in [2.24, 2.45) is 0 Å². The maximum atomic E-state index is 6.61. The summed E-state index contributed by atoms with van der Waals surface area (Å²) in [5.41, 5.74) is 16.6. The van der Waals surface area contributed by atoms with E-state index in [9.17, 15) is 0 Å². The maximum Gasteiger partial charge on any atom is 0.136 e. The summed E-state index contributed by atoms with van der Waals surface area (Å²) in [5, 5.41) is 15.2. The predicted molar refractivity (Wildman–Crippen MR) is 225 cm³/mol. The first-order chi connectivity index (χ1) is 27.3. The Morgan fingerprint density at radius 1 is 0.327 bits per heavy atom. The van der Waals surface area contributed by atoms with E-state index in [2.05, 4.69) is 186 Å². The molecule has 4 heteroatoms. The first kappa shape index (κ1) is 32.2. The highest BCUT2D eigenvalue weighted by Gasteiger charge is 2.27. The van der Waals surface area contributed by atoms with Crippen molar-refractivity contribution in [3.05, 3.63) is 200 Å². The Morgan fingerprint density at radius 2 is 0.855 bits per heavy atom. The molecule has 4 nitrogen and oxygen atoms in total. The minimum Gasteiger partial charge on any atom is -0.456 e. The third-order valence-corrected chi connectivity index (χ3v) is 10.4. The summed E-state index contributed by atoms with van der Waals surface area (Å²) in [5.74, 6) is 0. The first-order valence-corrected chi connectivity index (χ1v) is 18.4. The number of nitrogens with zero attached hydrogens (tertiary/aromatic N) is 3. The van der Waals surface area contributed by atoms with Gasteiger partial charge in [0.15, 0.2) is 0 Å². The van der Waals surface area contributed by atoms with E-state index in [-0.39, 0.29) is 0 Å². The molecule has 10 rings (SSSR count). The van der Waals surface area contributed by atoms with Crippen LogP contribution in [0.15, 0.2) is 205 Å². The quantitative estimate of drug-likeness (QED) is 0.166. The molecule has 0 radical (unpaired) electrons. The van der Waals surface area contributed by atoms with Crippen molar-refractivity contribution in [2.75, 3.05) is 0 Å². The second-order valence-corrected chi connectivity index (χ2v) is 13.6. The van der Waals surface area contributed by atoms with Gasteiger partial charge in [-0.05, 0) is 85.1 Å². The molecule has 0 unspecified atom stereocenters. The van der Waals surface area contributed by atoms with Crippen LogP contribution in [0.2, 0.25) is 0 Å². The number of fused-ring (bicyclic) bond motifs is 3. The number of hydrogen-bond donors (Lipinski definition) is 0. The van der Waals surface area contributed by atoms with Gasteiger partial charge in [0, 0.05) is 27.5 Å². The van der Waals surface area contributed by atoms with Gasteiger partial charge in [0.25, 0.3) is 0 Å². The molecule has 10 aromatic rings. The molecule has 0 amide bonds. The Balaban J connectivity index is 1.40. The molecule has 0 aliphatic rings. The number of furan rings is 1. The van der Waals surface area contributed by atoms with E-state index in [0.717, 1.165) is 100.0 Å². The van der Waals surface area contributed by atoms with Gasteiger partial charge in [-0.2, -0.15) is 0 Å². The van der Waals surface area contributed by atoms with Gasteiger partial charge in [0.05, 0.1) is 11.9 Å². The van der Waals surface area contributed by atoms with Crippen molar-refractivity contribution < 1.29 is 4.42 Å².